The van der Waals surface area contributed by atoms with E-state index in [0.29, 0.717) is 11.1 Å². The standard InChI is InChI=1S/C21H26Cl2N2O3/c1-25(14-3-2-4-14)19(28)20-5-8-21(9-6-20,10-7-20)24-18(27)15-11-13(22)12-16(23)17(15)26/h11-12,14,26H,2-10H2,1H3,(H,24,27). The minimum Gasteiger partial charge on any atom is -0.506 e. The van der Waals surface area contributed by atoms with Gasteiger partial charge in [-0.25, -0.2) is 0 Å². The van der Waals surface area contributed by atoms with E-state index in [2.05, 4.69) is 5.32 Å². The van der Waals surface area contributed by atoms with Gasteiger partial charge in [-0.1, -0.05) is 23.2 Å². The van der Waals surface area contributed by atoms with Crippen LogP contribution in [0.25, 0.3) is 0 Å². The molecule has 0 radical (unpaired) electrons. The first-order valence-corrected chi connectivity index (χ1v) is 10.8. The number of halogens is 2. The van der Waals surface area contributed by atoms with Crippen molar-refractivity contribution in [1.29, 1.82) is 0 Å². The van der Waals surface area contributed by atoms with Gasteiger partial charge in [-0.2, -0.15) is 0 Å². The Morgan fingerprint density at radius 1 is 1.11 bits per heavy atom. The zero-order chi connectivity index (χ0) is 20.1. The van der Waals surface area contributed by atoms with Crippen LogP contribution in [-0.4, -0.2) is 40.4 Å². The molecule has 0 heterocycles. The van der Waals surface area contributed by atoms with Crippen LogP contribution >= 0.6 is 23.2 Å². The lowest BCUT2D eigenvalue weighted by molar-refractivity contribution is -0.152. The van der Waals surface area contributed by atoms with E-state index in [0.717, 1.165) is 51.4 Å². The molecule has 0 atom stereocenters. The Kier molecular flexibility index (Phi) is 5.03. The first-order valence-electron chi connectivity index (χ1n) is 10.0. The third-order valence-electron chi connectivity index (χ3n) is 7.29. The second-order valence-electron chi connectivity index (χ2n) is 8.80. The number of nitrogens with zero attached hydrogens (tertiary/aromatic N) is 1. The fourth-order valence-electron chi connectivity index (χ4n) is 5.06. The smallest absolute Gasteiger partial charge is 0.255 e. The maximum Gasteiger partial charge on any atom is 0.255 e. The molecule has 0 saturated heterocycles. The molecule has 5 nitrogen and oxygen atoms in total. The van der Waals surface area contributed by atoms with Gasteiger partial charge >= 0.3 is 0 Å². The number of hydrogen-bond donors (Lipinski definition) is 2. The maximum atomic E-state index is 13.2. The number of benzene rings is 1. The molecule has 2 N–H and O–H groups in total. The van der Waals surface area contributed by atoms with Crippen LogP contribution in [0.15, 0.2) is 12.1 Å². The lowest BCUT2D eigenvalue weighted by atomic mass is 9.56. The Morgan fingerprint density at radius 2 is 1.71 bits per heavy atom. The molecule has 4 saturated carbocycles. The molecule has 0 aliphatic heterocycles. The van der Waals surface area contributed by atoms with E-state index in [1.54, 1.807) is 0 Å². The molecule has 4 fully saturated rings. The zero-order valence-electron chi connectivity index (χ0n) is 16.1. The molecule has 4 aliphatic rings. The third-order valence-corrected chi connectivity index (χ3v) is 7.80. The zero-order valence-corrected chi connectivity index (χ0v) is 17.6. The number of phenolic OH excluding ortho intramolecular Hbond substituents is 1. The second kappa shape index (κ2) is 7.10. The minimum atomic E-state index is -0.366. The average Bonchev–Trinajstić information content (AvgIpc) is 2.63. The molecule has 4 aliphatic carbocycles. The largest absolute Gasteiger partial charge is 0.506 e. The molecule has 0 unspecified atom stereocenters. The molecule has 1 aromatic rings. The van der Waals surface area contributed by atoms with Gasteiger partial charge in [0.05, 0.1) is 10.6 Å². The van der Waals surface area contributed by atoms with Gasteiger partial charge in [-0.15, -0.1) is 0 Å². The van der Waals surface area contributed by atoms with E-state index in [1.807, 2.05) is 11.9 Å². The van der Waals surface area contributed by atoms with Gasteiger partial charge < -0.3 is 15.3 Å². The SMILES string of the molecule is CN(C(=O)C12CCC(NC(=O)c3cc(Cl)cc(Cl)c3O)(CC1)CC2)C1CCC1. The summed E-state index contributed by atoms with van der Waals surface area (Å²) in [5.74, 6) is -0.330. The van der Waals surface area contributed by atoms with Crippen molar-refractivity contribution in [3.63, 3.8) is 0 Å². The first-order chi connectivity index (χ1) is 13.3. The molecule has 28 heavy (non-hydrogen) atoms. The van der Waals surface area contributed by atoms with Gasteiger partial charge in [-0.3, -0.25) is 9.59 Å². The van der Waals surface area contributed by atoms with Crippen LogP contribution in [0, 0.1) is 5.41 Å². The molecule has 1 aromatic carbocycles. The monoisotopic (exact) mass is 424 g/mol. The molecule has 0 spiro atoms. The van der Waals surface area contributed by atoms with Crippen molar-refractivity contribution in [1.82, 2.24) is 10.2 Å². The molecule has 5 rings (SSSR count). The minimum absolute atomic E-state index is 0.0612. The third kappa shape index (κ3) is 3.26. The summed E-state index contributed by atoms with van der Waals surface area (Å²) in [6, 6.07) is 3.25. The van der Waals surface area contributed by atoms with Gasteiger partial charge in [0.2, 0.25) is 5.91 Å². The van der Waals surface area contributed by atoms with Gasteiger partial charge in [0, 0.05) is 29.1 Å². The number of phenols is 1. The highest BCUT2D eigenvalue weighted by atomic mass is 35.5. The molecular formula is C21H26Cl2N2O3. The van der Waals surface area contributed by atoms with Crippen molar-refractivity contribution in [2.45, 2.75) is 69.4 Å². The van der Waals surface area contributed by atoms with Crippen LogP contribution in [-0.2, 0) is 4.79 Å². The van der Waals surface area contributed by atoms with Gasteiger partial charge in [0.1, 0.15) is 5.75 Å². The molecular weight excluding hydrogens is 399 g/mol. The number of hydrogen-bond acceptors (Lipinski definition) is 3. The predicted octanol–water partition coefficient (Wildman–Crippen LogP) is 4.53. The Balaban J connectivity index is 1.45. The number of amides is 2. The predicted molar refractivity (Wildman–Crippen MR) is 109 cm³/mol. The van der Waals surface area contributed by atoms with Crippen LogP contribution < -0.4 is 5.32 Å². The van der Waals surface area contributed by atoms with E-state index >= 15 is 0 Å². The van der Waals surface area contributed by atoms with Crippen LogP contribution in [0.3, 0.4) is 0 Å². The summed E-state index contributed by atoms with van der Waals surface area (Å²) < 4.78 is 0. The first kappa shape index (κ1) is 19.8. The number of carbonyl (C=O) groups excluding carboxylic acids is 2. The Morgan fingerprint density at radius 3 is 2.25 bits per heavy atom. The second-order valence-corrected chi connectivity index (χ2v) is 9.64. The topological polar surface area (TPSA) is 69.6 Å². The Hall–Kier alpha value is -1.46. The summed E-state index contributed by atoms with van der Waals surface area (Å²) in [6.07, 6.45) is 8.16. The maximum absolute atomic E-state index is 13.2. The summed E-state index contributed by atoms with van der Waals surface area (Å²) in [5.41, 5.74) is -0.497. The molecule has 152 valence electrons. The number of fused-ring (bicyclic) bond motifs is 3. The number of rotatable bonds is 4. The number of aromatic hydroxyl groups is 1. The number of carbonyl (C=O) groups is 2. The van der Waals surface area contributed by atoms with Crippen LogP contribution in [0.4, 0.5) is 0 Å². The average molecular weight is 425 g/mol. The molecule has 7 heteroatoms. The van der Waals surface area contributed by atoms with Gasteiger partial charge in [0.25, 0.3) is 5.91 Å². The van der Waals surface area contributed by atoms with E-state index in [9.17, 15) is 14.7 Å². The van der Waals surface area contributed by atoms with E-state index in [4.69, 9.17) is 23.2 Å². The summed E-state index contributed by atoms with van der Waals surface area (Å²) in [4.78, 5) is 27.9. The lowest BCUT2D eigenvalue weighted by Gasteiger charge is -2.54. The molecule has 0 aromatic heterocycles. The summed E-state index contributed by atoms with van der Waals surface area (Å²) in [5, 5.41) is 13.6. The van der Waals surface area contributed by atoms with E-state index in [1.165, 1.54) is 18.6 Å². The Labute approximate surface area is 175 Å². The van der Waals surface area contributed by atoms with E-state index < -0.39 is 0 Å². The summed E-state index contributed by atoms with van der Waals surface area (Å²) >= 11 is 11.9. The van der Waals surface area contributed by atoms with Crippen LogP contribution in [0.1, 0.15) is 68.1 Å². The highest BCUT2D eigenvalue weighted by Crippen LogP contribution is 2.53. The van der Waals surface area contributed by atoms with Gasteiger partial charge in [0.15, 0.2) is 0 Å². The fourth-order valence-corrected chi connectivity index (χ4v) is 5.55. The summed E-state index contributed by atoms with van der Waals surface area (Å²) in [6.45, 7) is 0. The molecule has 2 bridgehead atoms. The van der Waals surface area contributed by atoms with Crippen molar-refractivity contribution in [3.8, 4) is 5.75 Å². The fraction of sp³-hybridized carbons (Fsp3) is 0.619. The lowest BCUT2D eigenvalue weighted by Crippen LogP contribution is -2.60. The molecule has 2 amide bonds. The van der Waals surface area contributed by atoms with Crippen molar-refractivity contribution >= 4 is 35.0 Å². The van der Waals surface area contributed by atoms with Gasteiger partial charge in [-0.05, 0) is 69.9 Å². The van der Waals surface area contributed by atoms with Crippen molar-refractivity contribution in [2.24, 2.45) is 5.41 Å². The van der Waals surface area contributed by atoms with Crippen molar-refractivity contribution < 1.29 is 14.7 Å². The van der Waals surface area contributed by atoms with E-state index in [-0.39, 0.29) is 39.1 Å². The van der Waals surface area contributed by atoms with Crippen molar-refractivity contribution in [3.05, 3.63) is 27.7 Å². The normalized spacial score (nSPS) is 29.2. The highest BCUT2D eigenvalue weighted by molar-refractivity contribution is 6.36. The quantitative estimate of drug-likeness (QED) is 0.745. The summed E-state index contributed by atoms with van der Waals surface area (Å²) in [7, 11) is 1.95. The van der Waals surface area contributed by atoms with Crippen molar-refractivity contribution in [2.75, 3.05) is 7.05 Å². The Bertz CT molecular complexity index is 798. The highest BCUT2D eigenvalue weighted by Gasteiger charge is 2.54. The van der Waals surface area contributed by atoms with Crippen LogP contribution in [0.5, 0.6) is 5.75 Å². The van der Waals surface area contributed by atoms with Crippen LogP contribution in [0.2, 0.25) is 10.0 Å². The number of nitrogens with one attached hydrogen (secondary N) is 1.